The highest BCUT2D eigenvalue weighted by Gasteiger charge is 2.26. The number of nitrogens with zero attached hydrogens (tertiary/aromatic N) is 1. The molecule has 0 aromatic heterocycles. The molecule has 1 aromatic carbocycles. The van der Waals surface area contributed by atoms with Crippen LogP contribution in [-0.4, -0.2) is 55.7 Å². The standard InChI is InChI=1S/C18H22N2O5/c1-12-16(21)15(11-20(12)2)17(22)19-8-5-9-25-14-7-4-6-13(10-14)18(23)24-3/h4,6-7,10,21H,1,5,8-9,11H2,2-3H3,(H,19,22). The number of likely N-dealkylation sites (N-methyl/N-ethyl adjacent to an activating group) is 1. The van der Waals surface area contributed by atoms with Crippen LogP contribution in [0.4, 0.5) is 0 Å². The van der Waals surface area contributed by atoms with Crippen molar-refractivity contribution in [3.63, 3.8) is 0 Å². The van der Waals surface area contributed by atoms with E-state index in [1.807, 2.05) is 0 Å². The van der Waals surface area contributed by atoms with Gasteiger partial charge in [0.15, 0.2) is 0 Å². The number of esters is 1. The Morgan fingerprint density at radius 1 is 1.40 bits per heavy atom. The molecule has 2 N–H and O–H groups in total. The molecule has 0 bridgehead atoms. The summed E-state index contributed by atoms with van der Waals surface area (Å²) in [5.41, 5.74) is 1.18. The van der Waals surface area contributed by atoms with E-state index in [1.54, 1.807) is 36.2 Å². The molecule has 0 fully saturated rings. The van der Waals surface area contributed by atoms with E-state index >= 15 is 0 Å². The topological polar surface area (TPSA) is 88.1 Å². The lowest BCUT2D eigenvalue weighted by atomic mass is 10.2. The van der Waals surface area contributed by atoms with Crippen LogP contribution in [0.5, 0.6) is 5.75 Å². The Balaban J connectivity index is 1.74. The van der Waals surface area contributed by atoms with Gasteiger partial charge in [0.25, 0.3) is 5.91 Å². The van der Waals surface area contributed by atoms with Crippen LogP contribution in [0.15, 0.2) is 47.9 Å². The van der Waals surface area contributed by atoms with Crippen molar-refractivity contribution >= 4 is 11.9 Å². The highest BCUT2D eigenvalue weighted by Crippen LogP contribution is 2.22. The maximum absolute atomic E-state index is 12.0. The molecule has 2 rings (SSSR count). The van der Waals surface area contributed by atoms with Gasteiger partial charge in [0, 0.05) is 13.6 Å². The van der Waals surface area contributed by atoms with Crippen LogP contribution in [-0.2, 0) is 9.53 Å². The lowest BCUT2D eigenvalue weighted by Crippen LogP contribution is -2.29. The number of benzene rings is 1. The van der Waals surface area contributed by atoms with E-state index in [-0.39, 0.29) is 11.7 Å². The van der Waals surface area contributed by atoms with Gasteiger partial charge in [0.1, 0.15) is 11.5 Å². The van der Waals surface area contributed by atoms with Crippen molar-refractivity contribution in [2.24, 2.45) is 0 Å². The molecule has 0 unspecified atom stereocenters. The third kappa shape index (κ3) is 4.53. The van der Waals surface area contributed by atoms with Crippen molar-refractivity contribution in [1.29, 1.82) is 0 Å². The second-order valence-electron chi connectivity index (χ2n) is 5.61. The quantitative estimate of drug-likeness (QED) is 0.576. The molecule has 0 saturated carbocycles. The maximum atomic E-state index is 12.0. The van der Waals surface area contributed by atoms with Crippen molar-refractivity contribution in [3.8, 4) is 5.75 Å². The van der Waals surface area contributed by atoms with Crippen LogP contribution in [0.25, 0.3) is 0 Å². The molecule has 134 valence electrons. The van der Waals surface area contributed by atoms with E-state index in [2.05, 4.69) is 16.6 Å². The first-order valence-electron chi connectivity index (χ1n) is 7.86. The maximum Gasteiger partial charge on any atom is 0.337 e. The zero-order chi connectivity index (χ0) is 18.4. The molecular formula is C18H22N2O5. The number of carbonyl (C=O) groups excluding carboxylic acids is 2. The van der Waals surface area contributed by atoms with Crippen LogP contribution < -0.4 is 10.1 Å². The number of hydrogen-bond donors (Lipinski definition) is 2. The number of rotatable bonds is 7. The van der Waals surface area contributed by atoms with Crippen molar-refractivity contribution in [1.82, 2.24) is 10.2 Å². The molecule has 1 aromatic rings. The van der Waals surface area contributed by atoms with E-state index in [0.29, 0.717) is 48.7 Å². The third-order valence-corrected chi connectivity index (χ3v) is 3.82. The van der Waals surface area contributed by atoms with Crippen molar-refractivity contribution in [2.45, 2.75) is 6.42 Å². The fourth-order valence-corrected chi connectivity index (χ4v) is 2.34. The Kier molecular flexibility index (Phi) is 6.05. The van der Waals surface area contributed by atoms with E-state index in [1.165, 1.54) is 7.11 Å². The molecule has 0 radical (unpaired) electrons. The number of hydrogen-bond acceptors (Lipinski definition) is 6. The molecule has 7 nitrogen and oxygen atoms in total. The highest BCUT2D eigenvalue weighted by molar-refractivity contribution is 5.95. The molecule has 1 aliphatic rings. The molecular weight excluding hydrogens is 324 g/mol. The van der Waals surface area contributed by atoms with Gasteiger partial charge in [-0.3, -0.25) is 4.79 Å². The van der Waals surface area contributed by atoms with E-state index in [4.69, 9.17) is 4.74 Å². The molecule has 7 heteroatoms. The van der Waals surface area contributed by atoms with Crippen LogP contribution in [0.1, 0.15) is 16.8 Å². The monoisotopic (exact) mass is 346 g/mol. The Labute approximate surface area is 146 Å². The van der Waals surface area contributed by atoms with Gasteiger partial charge in [-0.25, -0.2) is 4.79 Å². The Morgan fingerprint density at radius 2 is 2.16 bits per heavy atom. The van der Waals surface area contributed by atoms with Crippen LogP contribution in [0, 0.1) is 0 Å². The fraction of sp³-hybridized carbons (Fsp3) is 0.333. The van der Waals surface area contributed by atoms with E-state index < -0.39 is 5.97 Å². The van der Waals surface area contributed by atoms with Gasteiger partial charge >= 0.3 is 5.97 Å². The normalized spacial score (nSPS) is 13.8. The molecule has 0 saturated heterocycles. The number of aliphatic hydroxyl groups excluding tert-OH is 1. The van der Waals surface area contributed by atoms with Crippen LogP contribution >= 0.6 is 0 Å². The molecule has 25 heavy (non-hydrogen) atoms. The van der Waals surface area contributed by atoms with Crippen molar-refractivity contribution in [2.75, 3.05) is 33.9 Å². The number of ether oxygens (including phenoxy) is 2. The Hall–Kier alpha value is -2.96. The minimum atomic E-state index is -0.422. The van der Waals surface area contributed by atoms with Gasteiger partial charge in [-0.2, -0.15) is 0 Å². The number of carbonyl (C=O) groups is 2. The fourth-order valence-electron chi connectivity index (χ4n) is 2.34. The zero-order valence-electron chi connectivity index (χ0n) is 14.4. The third-order valence-electron chi connectivity index (χ3n) is 3.82. The lowest BCUT2D eigenvalue weighted by Gasteiger charge is -2.11. The number of nitrogens with one attached hydrogen (secondary N) is 1. The first kappa shape index (κ1) is 18.4. The smallest absolute Gasteiger partial charge is 0.337 e. The summed E-state index contributed by atoms with van der Waals surface area (Å²) in [6, 6.07) is 6.70. The summed E-state index contributed by atoms with van der Waals surface area (Å²) in [7, 11) is 3.08. The van der Waals surface area contributed by atoms with Crippen molar-refractivity contribution in [3.05, 3.63) is 53.4 Å². The SMILES string of the molecule is C=C1C(O)=C(C(=O)NCCCOc2cccc(C(=O)OC)c2)CN1C. The summed E-state index contributed by atoms with van der Waals surface area (Å²) in [6.45, 7) is 4.83. The summed E-state index contributed by atoms with van der Waals surface area (Å²) in [6.07, 6.45) is 0.582. The predicted octanol–water partition coefficient (Wildman–Crippen LogP) is 1.63. The average molecular weight is 346 g/mol. The van der Waals surface area contributed by atoms with Gasteiger partial charge in [-0.15, -0.1) is 0 Å². The van der Waals surface area contributed by atoms with Crippen molar-refractivity contribution < 1.29 is 24.2 Å². The van der Waals surface area contributed by atoms with Gasteiger partial charge in [0.2, 0.25) is 0 Å². The van der Waals surface area contributed by atoms with Gasteiger partial charge in [-0.05, 0) is 24.6 Å². The average Bonchev–Trinajstić information content (AvgIpc) is 2.88. The van der Waals surface area contributed by atoms with Crippen LogP contribution in [0.2, 0.25) is 0 Å². The largest absolute Gasteiger partial charge is 0.505 e. The summed E-state index contributed by atoms with van der Waals surface area (Å²) in [4.78, 5) is 25.2. The first-order chi connectivity index (χ1) is 11.9. The second-order valence-corrected chi connectivity index (χ2v) is 5.61. The highest BCUT2D eigenvalue weighted by atomic mass is 16.5. The predicted molar refractivity (Wildman–Crippen MR) is 92.3 cm³/mol. The molecule has 0 aliphatic carbocycles. The zero-order valence-corrected chi connectivity index (χ0v) is 14.4. The Bertz CT molecular complexity index is 711. The number of amides is 1. The minimum Gasteiger partial charge on any atom is -0.505 e. The second kappa shape index (κ2) is 8.23. The first-order valence-corrected chi connectivity index (χ1v) is 7.86. The van der Waals surface area contributed by atoms with E-state index in [0.717, 1.165) is 0 Å². The summed E-state index contributed by atoms with van der Waals surface area (Å²) >= 11 is 0. The van der Waals surface area contributed by atoms with Gasteiger partial charge in [0.05, 0.1) is 37.1 Å². The summed E-state index contributed by atoms with van der Waals surface area (Å²) < 4.78 is 10.2. The van der Waals surface area contributed by atoms with Gasteiger partial charge in [-0.1, -0.05) is 12.6 Å². The summed E-state index contributed by atoms with van der Waals surface area (Å²) in [5.74, 6) is -0.233. The number of methoxy groups -OCH3 is 1. The van der Waals surface area contributed by atoms with E-state index in [9.17, 15) is 14.7 Å². The molecule has 1 heterocycles. The summed E-state index contributed by atoms with van der Waals surface area (Å²) in [5, 5.41) is 12.6. The lowest BCUT2D eigenvalue weighted by molar-refractivity contribution is -0.117. The Morgan fingerprint density at radius 3 is 2.80 bits per heavy atom. The molecule has 0 atom stereocenters. The number of aliphatic hydroxyl groups is 1. The molecule has 1 amide bonds. The molecule has 0 spiro atoms. The molecule has 1 aliphatic heterocycles. The van der Waals surface area contributed by atoms with Gasteiger partial charge < -0.3 is 24.8 Å². The minimum absolute atomic E-state index is 0.0594. The van der Waals surface area contributed by atoms with Crippen LogP contribution in [0.3, 0.4) is 0 Å².